The first-order valence-corrected chi connectivity index (χ1v) is 16.0. The molecule has 0 saturated carbocycles. The van der Waals surface area contributed by atoms with E-state index in [1.165, 1.54) is 6.08 Å². The van der Waals surface area contributed by atoms with Gasteiger partial charge in [0, 0.05) is 68.5 Å². The minimum Gasteiger partial charge on any atom is -0.459 e. The van der Waals surface area contributed by atoms with Crippen LogP contribution in [0.25, 0.3) is 15.6 Å². The van der Waals surface area contributed by atoms with E-state index >= 15 is 0 Å². The van der Waals surface area contributed by atoms with E-state index in [9.17, 15) is 4.79 Å². The van der Waals surface area contributed by atoms with Gasteiger partial charge in [-0.1, -0.05) is 42.4 Å². The molecule has 45 heavy (non-hydrogen) atoms. The van der Waals surface area contributed by atoms with Crippen molar-refractivity contribution >= 4 is 39.8 Å². The average Bonchev–Trinajstić information content (AvgIpc) is 3.02. The summed E-state index contributed by atoms with van der Waals surface area (Å²) in [5, 5.41) is 2.88. The van der Waals surface area contributed by atoms with Crippen LogP contribution in [0.5, 0.6) is 6.01 Å². The highest BCUT2D eigenvalue weighted by atomic mass is 35.5. The van der Waals surface area contributed by atoms with E-state index in [-0.39, 0.29) is 24.6 Å². The van der Waals surface area contributed by atoms with Crippen LogP contribution in [-0.2, 0) is 17.8 Å². The van der Waals surface area contributed by atoms with Crippen LogP contribution in [0.15, 0.2) is 49.1 Å². The number of hydrogen-bond donors (Lipinski definition) is 0. The van der Waals surface area contributed by atoms with Gasteiger partial charge in [-0.05, 0) is 51.0 Å². The topological polar surface area (TPSA) is 72.6 Å². The summed E-state index contributed by atoms with van der Waals surface area (Å²) in [6, 6.07) is 12.9. The zero-order chi connectivity index (χ0) is 31.7. The van der Waals surface area contributed by atoms with Crippen molar-refractivity contribution in [1.82, 2.24) is 24.7 Å². The van der Waals surface area contributed by atoms with Crippen LogP contribution in [0.4, 0.5) is 11.5 Å². The van der Waals surface area contributed by atoms with Crippen LogP contribution in [0, 0.1) is 6.57 Å². The number of ether oxygens (including phenoxy) is 1. The van der Waals surface area contributed by atoms with Gasteiger partial charge in [0.1, 0.15) is 18.0 Å². The maximum absolute atomic E-state index is 12.6. The molecular weight excluding hydrogens is 588 g/mol. The average molecular weight is 629 g/mol. The molecule has 0 aliphatic carbocycles. The number of benzene rings is 2. The first-order valence-electron chi connectivity index (χ1n) is 15.6. The molecule has 1 amide bonds. The van der Waals surface area contributed by atoms with Gasteiger partial charge in [-0.25, -0.2) is 6.57 Å². The summed E-state index contributed by atoms with van der Waals surface area (Å²) in [6.07, 6.45) is 1.97. The number of rotatable bonds is 9. The number of anilines is 2. The molecule has 3 aromatic rings. The van der Waals surface area contributed by atoms with Gasteiger partial charge in [0.2, 0.25) is 12.5 Å². The molecule has 2 aromatic carbocycles. The summed E-state index contributed by atoms with van der Waals surface area (Å²) in [7, 11) is 4.28. The highest BCUT2D eigenvalue weighted by Crippen LogP contribution is 2.37. The Morgan fingerprint density at radius 3 is 2.69 bits per heavy atom. The van der Waals surface area contributed by atoms with Crippen molar-refractivity contribution in [3.8, 4) is 6.01 Å². The van der Waals surface area contributed by atoms with E-state index in [0.717, 1.165) is 71.2 Å². The summed E-state index contributed by atoms with van der Waals surface area (Å²) in [6.45, 7) is 19.4. The van der Waals surface area contributed by atoms with Gasteiger partial charge in [0.05, 0.1) is 17.3 Å². The fraction of sp³-hybridized carbons (Fsp3) is 0.471. The van der Waals surface area contributed by atoms with E-state index in [1.54, 1.807) is 4.90 Å². The van der Waals surface area contributed by atoms with Crippen LogP contribution >= 0.6 is 11.6 Å². The SMILES string of the molecule is [C-]#[N+]C[C@H]1CN(c2nc(O[C@@H](C)CN(C)C3CN(C)C3)nc3c2CCN(c2cccc4cccc(Cl)c24)C3)CCN1C(=O)C=C. The van der Waals surface area contributed by atoms with Crippen molar-refractivity contribution < 1.29 is 9.53 Å². The molecule has 4 heterocycles. The Balaban J connectivity index is 1.31. The van der Waals surface area contributed by atoms with Crippen molar-refractivity contribution in [2.45, 2.75) is 38.1 Å². The van der Waals surface area contributed by atoms with Crippen molar-refractivity contribution in [2.24, 2.45) is 0 Å². The van der Waals surface area contributed by atoms with Crippen LogP contribution in [0.3, 0.4) is 0 Å². The van der Waals surface area contributed by atoms with Crippen LogP contribution in [-0.4, -0.2) is 115 Å². The van der Waals surface area contributed by atoms with Gasteiger partial charge in [-0.3, -0.25) is 9.69 Å². The predicted molar refractivity (Wildman–Crippen MR) is 179 cm³/mol. The number of nitrogens with zero attached hydrogens (tertiary/aromatic N) is 8. The zero-order valence-electron chi connectivity index (χ0n) is 26.3. The molecule has 0 bridgehead atoms. The number of piperazine rings is 1. The summed E-state index contributed by atoms with van der Waals surface area (Å²) in [5.74, 6) is 0.699. The summed E-state index contributed by atoms with van der Waals surface area (Å²) >= 11 is 6.72. The third-order valence-corrected chi connectivity index (χ3v) is 9.57. The molecule has 236 valence electrons. The molecule has 3 aliphatic rings. The highest BCUT2D eigenvalue weighted by molar-refractivity contribution is 6.36. The predicted octanol–water partition coefficient (Wildman–Crippen LogP) is 3.98. The van der Waals surface area contributed by atoms with Crippen molar-refractivity contribution in [1.29, 1.82) is 0 Å². The molecule has 0 N–H and O–H groups in total. The molecule has 6 rings (SSSR count). The number of halogens is 1. The second-order valence-electron chi connectivity index (χ2n) is 12.5. The molecule has 11 heteroatoms. The van der Waals surface area contributed by atoms with Gasteiger partial charge in [-0.15, -0.1) is 0 Å². The second-order valence-corrected chi connectivity index (χ2v) is 12.9. The summed E-state index contributed by atoms with van der Waals surface area (Å²) in [4.78, 5) is 37.2. The number of amides is 1. The highest BCUT2D eigenvalue weighted by Gasteiger charge is 2.35. The monoisotopic (exact) mass is 628 g/mol. The number of likely N-dealkylation sites (N-methyl/N-ethyl adjacent to an activating group) is 2. The van der Waals surface area contributed by atoms with Gasteiger partial charge in [0.15, 0.2) is 0 Å². The Hall–Kier alpha value is -3.91. The minimum atomic E-state index is -0.247. The number of likely N-dealkylation sites (tertiary alicyclic amines) is 1. The van der Waals surface area contributed by atoms with Gasteiger partial charge in [-0.2, -0.15) is 9.97 Å². The first-order chi connectivity index (χ1) is 21.7. The maximum Gasteiger partial charge on any atom is 0.318 e. The third-order valence-electron chi connectivity index (χ3n) is 9.26. The molecule has 2 saturated heterocycles. The van der Waals surface area contributed by atoms with Crippen molar-refractivity contribution in [2.75, 3.05) is 76.3 Å². The summed E-state index contributed by atoms with van der Waals surface area (Å²) in [5.41, 5.74) is 3.11. The molecule has 1 aromatic heterocycles. The van der Waals surface area contributed by atoms with Crippen LogP contribution in [0.1, 0.15) is 18.2 Å². The Bertz CT molecular complexity index is 1610. The minimum absolute atomic E-state index is 0.111. The lowest BCUT2D eigenvalue weighted by molar-refractivity contribution is -0.128. The molecule has 3 aliphatic heterocycles. The molecule has 0 radical (unpaired) electrons. The second kappa shape index (κ2) is 13.2. The standard InChI is InChI=1S/C34H41ClN8O2/c1-6-31(44)43-16-15-42(21-25(43)17-36-3)33-27-13-14-41(30-12-8-10-24-9-7-11-28(35)32(24)30)22-29(27)37-34(38-33)45-23(2)18-40(5)26-19-39(4)20-26/h6-12,23,25-26H,1,13-22H2,2,4-5H3/t23-,25-/m0/s1. The Kier molecular flexibility index (Phi) is 9.13. The number of aromatic nitrogens is 2. The lowest BCUT2D eigenvalue weighted by Gasteiger charge is -2.42. The zero-order valence-corrected chi connectivity index (χ0v) is 27.1. The number of hydrogen-bond acceptors (Lipinski definition) is 8. The molecule has 0 spiro atoms. The van der Waals surface area contributed by atoms with E-state index in [4.69, 9.17) is 32.9 Å². The number of carbonyl (C=O) groups excluding carboxylic acids is 1. The number of carbonyl (C=O) groups is 1. The van der Waals surface area contributed by atoms with E-state index in [1.807, 2.05) is 12.1 Å². The maximum atomic E-state index is 12.6. The fourth-order valence-electron chi connectivity index (χ4n) is 6.88. The quantitative estimate of drug-likeness (QED) is 0.260. The molecular formula is C34H41ClN8O2. The van der Waals surface area contributed by atoms with Gasteiger partial charge < -0.3 is 29.2 Å². The van der Waals surface area contributed by atoms with Crippen molar-refractivity contribution in [3.63, 3.8) is 0 Å². The molecule has 0 unspecified atom stereocenters. The molecule has 2 fully saturated rings. The van der Waals surface area contributed by atoms with Crippen LogP contribution < -0.4 is 14.5 Å². The molecule has 2 atom stereocenters. The van der Waals surface area contributed by atoms with E-state index < -0.39 is 0 Å². The van der Waals surface area contributed by atoms with Gasteiger partial charge >= 0.3 is 6.01 Å². The Morgan fingerprint density at radius 2 is 1.96 bits per heavy atom. The normalized spacial score (nSPS) is 19.6. The lowest BCUT2D eigenvalue weighted by atomic mass is 10.0. The largest absolute Gasteiger partial charge is 0.459 e. The fourth-order valence-corrected chi connectivity index (χ4v) is 7.16. The smallest absolute Gasteiger partial charge is 0.318 e. The van der Waals surface area contributed by atoms with Crippen LogP contribution in [0.2, 0.25) is 5.02 Å². The third kappa shape index (κ3) is 6.43. The van der Waals surface area contributed by atoms with E-state index in [2.05, 4.69) is 76.3 Å². The van der Waals surface area contributed by atoms with Gasteiger partial charge in [0.25, 0.3) is 0 Å². The Morgan fingerprint density at radius 1 is 1.18 bits per heavy atom. The lowest BCUT2D eigenvalue weighted by Crippen LogP contribution is -2.57. The number of fused-ring (bicyclic) bond motifs is 2. The Labute approximate surface area is 270 Å². The summed E-state index contributed by atoms with van der Waals surface area (Å²) < 4.78 is 6.44. The molecule has 10 nitrogen and oxygen atoms in total. The van der Waals surface area contributed by atoms with Crippen molar-refractivity contribution in [3.05, 3.63) is 76.8 Å². The van der Waals surface area contributed by atoms with E-state index in [0.29, 0.717) is 38.2 Å². The first kappa shape index (κ1) is 31.1.